The molecule has 0 bridgehead atoms. The first kappa shape index (κ1) is 35.8. The van der Waals surface area contributed by atoms with Crippen molar-refractivity contribution in [2.75, 3.05) is 6.61 Å². The second-order valence-electron chi connectivity index (χ2n) is 16.0. The van der Waals surface area contributed by atoms with Gasteiger partial charge in [0.1, 0.15) is 18.3 Å². The van der Waals surface area contributed by atoms with Gasteiger partial charge in [0.2, 0.25) is 0 Å². The maximum Gasteiger partial charge on any atom is 0.397 e. The van der Waals surface area contributed by atoms with Crippen molar-refractivity contribution in [3.05, 3.63) is 0 Å². The maximum absolute atomic E-state index is 12.7. The van der Waals surface area contributed by atoms with Crippen LogP contribution < -0.4 is 0 Å². The van der Waals surface area contributed by atoms with Gasteiger partial charge in [-0.1, -0.05) is 34.6 Å². The first-order valence-electron chi connectivity index (χ1n) is 16.9. The van der Waals surface area contributed by atoms with Crippen molar-refractivity contribution >= 4 is 10.4 Å². The van der Waals surface area contributed by atoms with Crippen molar-refractivity contribution in [3.63, 3.8) is 0 Å². The van der Waals surface area contributed by atoms with Crippen LogP contribution in [0.2, 0.25) is 0 Å². The molecule has 4 saturated carbocycles. The van der Waals surface area contributed by atoms with E-state index >= 15 is 0 Å². The minimum absolute atomic E-state index is 0.0453. The SMILES string of the molecule is CC(C)C(CC[C@@H](C)[C@H]1CC(O)[C@@H]2[C@]1(C)CC[C@H]1[C@@]2(O)CC(OS(=O)(=O)O)C2CC(O)CC[C@@]21C)O[C@@H]1OC[C@@H](O)[C@H](O)[C@H]1O. The van der Waals surface area contributed by atoms with Crippen LogP contribution in [0.1, 0.15) is 92.4 Å². The lowest BCUT2D eigenvalue weighted by atomic mass is 9.42. The summed E-state index contributed by atoms with van der Waals surface area (Å²) in [5.74, 6) is -0.844. The minimum Gasteiger partial charge on any atom is -0.393 e. The summed E-state index contributed by atoms with van der Waals surface area (Å²) in [6.45, 7) is 10.2. The summed E-state index contributed by atoms with van der Waals surface area (Å²) in [6.07, 6.45) is -2.94. The Bertz CT molecular complexity index is 1150. The van der Waals surface area contributed by atoms with Gasteiger partial charge in [-0.05, 0) is 91.8 Å². The Morgan fingerprint density at radius 1 is 0.911 bits per heavy atom. The fraction of sp³-hybridized carbons (Fsp3) is 1.00. The van der Waals surface area contributed by atoms with Crippen LogP contribution in [0, 0.1) is 46.3 Å². The Hall–Kier alpha value is -0.450. The number of aliphatic hydroxyl groups excluding tert-OH is 5. The maximum atomic E-state index is 12.7. The Labute approximate surface area is 267 Å². The average molecular weight is 665 g/mol. The van der Waals surface area contributed by atoms with Crippen LogP contribution >= 0.6 is 0 Å². The molecular weight excluding hydrogens is 608 g/mol. The zero-order valence-corrected chi connectivity index (χ0v) is 28.1. The Balaban J connectivity index is 1.34. The lowest BCUT2D eigenvalue weighted by molar-refractivity contribution is -0.287. The molecule has 262 valence electrons. The number of fused-ring (bicyclic) bond motifs is 5. The third-order valence-corrected chi connectivity index (χ3v) is 13.5. The van der Waals surface area contributed by atoms with Gasteiger partial charge in [-0.2, -0.15) is 8.42 Å². The highest BCUT2D eigenvalue weighted by Gasteiger charge is 2.71. The van der Waals surface area contributed by atoms with E-state index in [2.05, 4.69) is 13.8 Å². The molecule has 0 spiro atoms. The van der Waals surface area contributed by atoms with Gasteiger partial charge in [0.05, 0.1) is 36.6 Å². The van der Waals surface area contributed by atoms with Gasteiger partial charge in [-0.3, -0.25) is 4.55 Å². The Morgan fingerprint density at radius 3 is 2.22 bits per heavy atom. The minimum atomic E-state index is -4.82. The summed E-state index contributed by atoms with van der Waals surface area (Å²) in [4.78, 5) is 0. The highest BCUT2D eigenvalue weighted by Crippen LogP contribution is 2.70. The number of hydrogen-bond donors (Lipinski definition) is 7. The number of aliphatic hydroxyl groups is 6. The van der Waals surface area contributed by atoms with Crippen LogP contribution in [0.5, 0.6) is 0 Å². The second-order valence-corrected chi connectivity index (χ2v) is 17.1. The van der Waals surface area contributed by atoms with E-state index in [1.807, 2.05) is 20.8 Å². The summed E-state index contributed by atoms with van der Waals surface area (Å²) in [6, 6.07) is 0. The number of ether oxygens (including phenoxy) is 2. The van der Waals surface area contributed by atoms with Crippen LogP contribution in [-0.2, 0) is 24.1 Å². The van der Waals surface area contributed by atoms with E-state index in [1.54, 1.807) is 0 Å². The molecule has 5 rings (SSSR count). The van der Waals surface area contributed by atoms with Crippen LogP contribution in [0.3, 0.4) is 0 Å². The molecule has 5 unspecified atom stereocenters. The fourth-order valence-electron chi connectivity index (χ4n) is 10.9. The fourth-order valence-corrected chi connectivity index (χ4v) is 11.4. The molecule has 16 atom stereocenters. The molecule has 7 N–H and O–H groups in total. The quantitative estimate of drug-likeness (QED) is 0.176. The van der Waals surface area contributed by atoms with Crippen molar-refractivity contribution in [3.8, 4) is 0 Å². The van der Waals surface area contributed by atoms with E-state index in [-0.39, 0.29) is 48.7 Å². The van der Waals surface area contributed by atoms with Crippen LogP contribution in [0.15, 0.2) is 0 Å². The normalized spacial score (nSPS) is 50.0. The van der Waals surface area contributed by atoms with Gasteiger partial charge in [-0.15, -0.1) is 0 Å². The van der Waals surface area contributed by atoms with Gasteiger partial charge < -0.3 is 40.1 Å². The predicted molar refractivity (Wildman–Crippen MR) is 162 cm³/mol. The van der Waals surface area contributed by atoms with Gasteiger partial charge in [-0.25, -0.2) is 4.18 Å². The highest BCUT2D eigenvalue weighted by molar-refractivity contribution is 7.80. The molecule has 12 nitrogen and oxygen atoms in total. The lowest BCUT2D eigenvalue weighted by Crippen LogP contribution is -2.69. The summed E-state index contributed by atoms with van der Waals surface area (Å²) >= 11 is 0. The predicted octanol–water partition coefficient (Wildman–Crippen LogP) is 1.79. The molecule has 1 saturated heterocycles. The Kier molecular flexibility index (Phi) is 10.2. The molecule has 13 heteroatoms. The second kappa shape index (κ2) is 12.8. The first-order chi connectivity index (χ1) is 20.8. The van der Waals surface area contributed by atoms with Crippen LogP contribution in [-0.4, -0.2) is 105 Å². The van der Waals surface area contributed by atoms with Crippen molar-refractivity contribution in [2.45, 2.75) is 147 Å². The van der Waals surface area contributed by atoms with Crippen LogP contribution in [0.4, 0.5) is 0 Å². The monoisotopic (exact) mass is 664 g/mol. The molecule has 0 amide bonds. The average Bonchev–Trinajstić information content (AvgIpc) is 3.21. The highest BCUT2D eigenvalue weighted by atomic mass is 32.3. The molecule has 0 radical (unpaired) electrons. The molecule has 5 aliphatic rings. The van der Waals surface area contributed by atoms with Gasteiger partial charge >= 0.3 is 10.4 Å². The largest absolute Gasteiger partial charge is 0.397 e. The zero-order chi connectivity index (χ0) is 33.3. The van der Waals surface area contributed by atoms with E-state index in [0.29, 0.717) is 38.5 Å². The van der Waals surface area contributed by atoms with Gasteiger partial charge in [0, 0.05) is 12.3 Å². The summed E-state index contributed by atoms with van der Waals surface area (Å²) < 4.78 is 50.4. The third kappa shape index (κ3) is 6.50. The first-order valence-corrected chi connectivity index (χ1v) is 18.2. The van der Waals surface area contributed by atoms with E-state index in [0.717, 1.165) is 12.8 Å². The van der Waals surface area contributed by atoms with Crippen molar-refractivity contribution < 1.29 is 57.3 Å². The molecule has 1 heterocycles. The number of rotatable bonds is 9. The van der Waals surface area contributed by atoms with Gasteiger partial charge in [0.15, 0.2) is 6.29 Å². The number of hydrogen-bond acceptors (Lipinski definition) is 11. The third-order valence-electron chi connectivity index (χ3n) is 13.1. The Morgan fingerprint density at radius 2 is 1.58 bits per heavy atom. The molecular formula is C32H56O12S. The summed E-state index contributed by atoms with van der Waals surface area (Å²) in [5.41, 5.74) is -2.40. The summed E-state index contributed by atoms with van der Waals surface area (Å²) in [5, 5.41) is 65.2. The molecule has 0 aromatic carbocycles. The van der Waals surface area contributed by atoms with E-state index < -0.39 is 75.7 Å². The topological polar surface area (TPSA) is 203 Å². The molecule has 0 aromatic heterocycles. The van der Waals surface area contributed by atoms with E-state index in [9.17, 15) is 43.6 Å². The van der Waals surface area contributed by atoms with Crippen LogP contribution in [0.25, 0.3) is 0 Å². The molecule has 0 aromatic rings. The van der Waals surface area contributed by atoms with Crippen molar-refractivity contribution in [1.82, 2.24) is 0 Å². The molecule has 45 heavy (non-hydrogen) atoms. The molecule has 4 aliphatic carbocycles. The summed E-state index contributed by atoms with van der Waals surface area (Å²) in [7, 11) is -4.82. The zero-order valence-electron chi connectivity index (χ0n) is 27.2. The molecule has 5 fully saturated rings. The standard InChI is InChI=1S/C32H56O12S/c1-16(2)23(43-29-27(37)26(36)22(35)15-42-29)7-6-17(3)19-13-21(34)28-31(19,5)11-9-25-30(4)10-8-18(33)12-20(30)24(14-32(25,28)38)44-45(39,40)41/h16-29,33-38H,6-15H2,1-5H3,(H,39,40,41)/t17-,18?,19-,20?,21?,22-,23?,24?,25-,26+,27-,28-,29+,30+,31-,32+/m1/s1. The lowest BCUT2D eigenvalue weighted by Gasteiger charge is -2.66. The van der Waals surface area contributed by atoms with E-state index in [4.69, 9.17) is 13.7 Å². The van der Waals surface area contributed by atoms with Gasteiger partial charge in [0.25, 0.3) is 0 Å². The van der Waals surface area contributed by atoms with Crippen molar-refractivity contribution in [1.29, 1.82) is 0 Å². The smallest absolute Gasteiger partial charge is 0.393 e. The van der Waals surface area contributed by atoms with Crippen molar-refractivity contribution in [2.24, 2.45) is 46.3 Å². The molecule has 1 aliphatic heterocycles. The van der Waals surface area contributed by atoms with E-state index in [1.165, 1.54) is 0 Å².